The number of hydrogen-bond donors (Lipinski definition) is 1. The molecule has 0 aliphatic rings. The number of aromatic nitrogens is 2. The first-order valence-electron chi connectivity index (χ1n) is 5.54. The molecule has 0 aromatic carbocycles. The van der Waals surface area contributed by atoms with E-state index in [1.807, 2.05) is 18.7 Å². The Morgan fingerprint density at radius 2 is 1.93 bits per heavy atom. The van der Waals surface area contributed by atoms with E-state index < -0.39 is 0 Å². The lowest BCUT2D eigenvalue weighted by Gasteiger charge is -2.28. The molecule has 0 aliphatic carbocycles. The molecule has 86 valence electrons. The molecule has 0 radical (unpaired) electrons. The van der Waals surface area contributed by atoms with Crippen LogP contribution in [-0.2, 0) is 7.05 Å². The minimum Gasteiger partial charge on any atom is -0.394 e. The predicted molar refractivity (Wildman–Crippen MR) is 65.1 cm³/mol. The summed E-state index contributed by atoms with van der Waals surface area (Å²) in [6.45, 7) is 6.34. The Kier molecular flexibility index (Phi) is 3.61. The number of rotatable bonds is 4. The Morgan fingerprint density at radius 3 is 2.27 bits per heavy atom. The maximum Gasteiger partial charge on any atom is 0.150 e. The monoisotopic (exact) mass is 210 g/mol. The number of hydrogen-bond acceptors (Lipinski definition) is 3. The van der Waals surface area contributed by atoms with Gasteiger partial charge in [0.15, 0.2) is 0 Å². The highest BCUT2D eigenvalue weighted by molar-refractivity contribution is 5.66. The molecular formula is C11H22N4. The third kappa shape index (κ3) is 2.08. The van der Waals surface area contributed by atoms with Gasteiger partial charge in [0.25, 0.3) is 0 Å². The van der Waals surface area contributed by atoms with Crippen molar-refractivity contribution < 1.29 is 0 Å². The van der Waals surface area contributed by atoms with Gasteiger partial charge in [0.05, 0.1) is 11.4 Å². The van der Waals surface area contributed by atoms with E-state index >= 15 is 0 Å². The smallest absolute Gasteiger partial charge is 0.150 e. The van der Waals surface area contributed by atoms with Crippen LogP contribution in [0.25, 0.3) is 0 Å². The number of aryl methyl sites for hydroxylation is 2. The number of nitrogen functional groups attached to an aromatic ring is 1. The van der Waals surface area contributed by atoms with Crippen LogP contribution >= 0.6 is 0 Å². The lowest BCUT2D eigenvalue weighted by atomic mass is 10.1. The van der Waals surface area contributed by atoms with Gasteiger partial charge in [-0.25, -0.2) is 0 Å². The molecule has 0 aliphatic heterocycles. The summed E-state index contributed by atoms with van der Waals surface area (Å²) in [5.74, 6) is 1.03. The second kappa shape index (κ2) is 4.55. The maximum absolute atomic E-state index is 6.03. The van der Waals surface area contributed by atoms with Crippen molar-refractivity contribution in [3.05, 3.63) is 5.69 Å². The molecule has 1 heterocycles. The second-order valence-electron chi connectivity index (χ2n) is 4.03. The van der Waals surface area contributed by atoms with E-state index in [-0.39, 0.29) is 0 Å². The highest BCUT2D eigenvalue weighted by Crippen LogP contribution is 2.27. The number of nitrogens with zero attached hydrogens (tertiary/aromatic N) is 3. The molecule has 0 bridgehead atoms. The van der Waals surface area contributed by atoms with Crippen LogP contribution < -0.4 is 10.6 Å². The average Bonchev–Trinajstić information content (AvgIpc) is 2.43. The fourth-order valence-corrected chi connectivity index (χ4v) is 2.09. The van der Waals surface area contributed by atoms with Gasteiger partial charge in [0.2, 0.25) is 0 Å². The second-order valence-corrected chi connectivity index (χ2v) is 4.03. The van der Waals surface area contributed by atoms with E-state index in [4.69, 9.17) is 5.73 Å². The van der Waals surface area contributed by atoms with Gasteiger partial charge < -0.3 is 10.6 Å². The fraction of sp³-hybridized carbons (Fsp3) is 0.727. The van der Waals surface area contributed by atoms with Crippen LogP contribution in [0.2, 0.25) is 0 Å². The van der Waals surface area contributed by atoms with Gasteiger partial charge in [-0.05, 0) is 19.8 Å². The largest absolute Gasteiger partial charge is 0.394 e. The third-order valence-corrected chi connectivity index (χ3v) is 3.06. The highest BCUT2D eigenvalue weighted by Gasteiger charge is 2.19. The van der Waals surface area contributed by atoms with Crippen molar-refractivity contribution in [2.24, 2.45) is 7.05 Å². The molecule has 0 spiro atoms. The predicted octanol–water partition coefficient (Wildman–Crippen LogP) is 1.94. The summed E-state index contributed by atoms with van der Waals surface area (Å²) in [6.07, 6.45) is 2.24. The van der Waals surface area contributed by atoms with Crippen molar-refractivity contribution in [3.63, 3.8) is 0 Å². The topological polar surface area (TPSA) is 47.1 Å². The lowest BCUT2D eigenvalue weighted by molar-refractivity contribution is 0.573. The van der Waals surface area contributed by atoms with Gasteiger partial charge in [-0.15, -0.1) is 0 Å². The zero-order valence-corrected chi connectivity index (χ0v) is 10.4. The maximum atomic E-state index is 6.03. The molecule has 0 saturated heterocycles. The van der Waals surface area contributed by atoms with Crippen LogP contribution in [0.3, 0.4) is 0 Å². The van der Waals surface area contributed by atoms with Crippen LogP contribution in [0.15, 0.2) is 0 Å². The first kappa shape index (κ1) is 11.9. The van der Waals surface area contributed by atoms with Crippen molar-refractivity contribution in [2.45, 2.75) is 39.7 Å². The standard InChI is InChI=1S/C11H22N4/c1-6-9(7-2)14(4)11-10(12)8(3)13-15(11)5/h9H,6-7,12H2,1-5H3. The van der Waals surface area contributed by atoms with Gasteiger partial charge in [-0.2, -0.15) is 5.10 Å². The van der Waals surface area contributed by atoms with E-state index in [0.717, 1.165) is 30.0 Å². The number of nitrogens with two attached hydrogens (primary N) is 1. The normalized spacial score (nSPS) is 11.1. The molecule has 0 atom stereocenters. The molecule has 1 aromatic rings. The molecule has 0 fully saturated rings. The van der Waals surface area contributed by atoms with Gasteiger partial charge in [-0.1, -0.05) is 13.8 Å². The van der Waals surface area contributed by atoms with Gasteiger partial charge >= 0.3 is 0 Å². The van der Waals surface area contributed by atoms with Crippen molar-refractivity contribution in [3.8, 4) is 0 Å². The van der Waals surface area contributed by atoms with Crippen LogP contribution in [0.1, 0.15) is 32.4 Å². The van der Waals surface area contributed by atoms with Crippen molar-refractivity contribution in [2.75, 3.05) is 17.7 Å². The van der Waals surface area contributed by atoms with E-state index in [1.54, 1.807) is 0 Å². The van der Waals surface area contributed by atoms with Crippen LogP contribution in [0, 0.1) is 6.92 Å². The van der Waals surface area contributed by atoms with Gasteiger partial charge in [0.1, 0.15) is 5.82 Å². The zero-order chi connectivity index (χ0) is 11.6. The average molecular weight is 210 g/mol. The third-order valence-electron chi connectivity index (χ3n) is 3.06. The zero-order valence-electron chi connectivity index (χ0n) is 10.4. The minimum absolute atomic E-state index is 0.530. The summed E-state index contributed by atoms with van der Waals surface area (Å²) in [6, 6.07) is 0.530. The van der Waals surface area contributed by atoms with Crippen molar-refractivity contribution in [1.82, 2.24) is 9.78 Å². The van der Waals surface area contributed by atoms with E-state index in [9.17, 15) is 0 Å². The summed E-state index contributed by atoms with van der Waals surface area (Å²) in [4.78, 5) is 2.23. The van der Waals surface area contributed by atoms with E-state index in [1.165, 1.54) is 0 Å². The summed E-state index contributed by atoms with van der Waals surface area (Å²) in [7, 11) is 4.03. The van der Waals surface area contributed by atoms with Gasteiger partial charge in [-0.3, -0.25) is 4.68 Å². The van der Waals surface area contributed by atoms with E-state index in [0.29, 0.717) is 6.04 Å². The first-order chi connectivity index (χ1) is 7.02. The molecule has 4 heteroatoms. The van der Waals surface area contributed by atoms with Crippen LogP contribution in [0.4, 0.5) is 11.5 Å². The molecule has 0 amide bonds. The Labute approximate surface area is 92.1 Å². The highest BCUT2D eigenvalue weighted by atomic mass is 15.4. The number of anilines is 2. The summed E-state index contributed by atoms with van der Waals surface area (Å²) in [5.41, 5.74) is 7.73. The Bertz CT molecular complexity index is 326. The molecule has 1 aromatic heterocycles. The summed E-state index contributed by atoms with van der Waals surface area (Å²) < 4.78 is 1.86. The Balaban J connectivity index is 3.04. The lowest BCUT2D eigenvalue weighted by Crippen LogP contribution is -2.32. The molecule has 0 unspecified atom stereocenters. The van der Waals surface area contributed by atoms with Crippen LogP contribution in [-0.4, -0.2) is 22.9 Å². The van der Waals surface area contributed by atoms with Crippen molar-refractivity contribution in [1.29, 1.82) is 0 Å². The molecule has 0 saturated carbocycles. The van der Waals surface area contributed by atoms with Gasteiger partial charge in [0, 0.05) is 20.1 Å². The first-order valence-corrected chi connectivity index (χ1v) is 5.54. The quantitative estimate of drug-likeness (QED) is 0.826. The Morgan fingerprint density at radius 1 is 1.40 bits per heavy atom. The fourth-order valence-electron chi connectivity index (χ4n) is 2.09. The van der Waals surface area contributed by atoms with E-state index in [2.05, 4.69) is 30.9 Å². The molecule has 2 N–H and O–H groups in total. The van der Waals surface area contributed by atoms with Crippen LogP contribution in [0.5, 0.6) is 0 Å². The molecule has 1 rings (SSSR count). The molecule has 15 heavy (non-hydrogen) atoms. The SMILES string of the molecule is CCC(CC)N(C)c1c(N)c(C)nn1C. The Hall–Kier alpha value is -1.19. The molecular weight excluding hydrogens is 188 g/mol. The molecule has 4 nitrogen and oxygen atoms in total. The minimum atomic E-state index is 0.530. The summed E-state index contributed by atoms with van der Waals surface area (Å²) in [5, 5.41) is 4.33. The summed E-state index contributed by atoms with van der Waals surface area (Å²) >= 11 is 0. The van der Waals surface area contributed by atoms with Crippen molar-refractivity contribution >= 4 is 11.5 Å².